The second kappa shape index (κ2) is 7.61. The maximum absolute atomic E-state index is 11.6. The Hall–Kier alpha value is -2.12. The fourth-order valence-corrected chi connectivity index (χ4v) is 1.71. The van der Waals surface area contributed by atoms with E-state index in [1.165, 1.54) is 0 Å². The summed E-state index contributed by atoms with van der Waals surface area (Å²) in [6.45, 7) is 6.32. The van der Waals surface area contributed by atoms with E-state index in [0.717, 1.165) is 0 Å². The van der Waals surface area contributed by atoms with Crippen LogP contribution < -0.4 is 10.6 Å². The molecule has 118 valence electrons. The molecule has 3 N–H and O–H groups in total. The summed E-state index contributed by atoms with van der Waals surface area (Å²) in [6.07, 6.45) is 1.41. The molecule has 8 nitrogen and oxygen atoms in total. The van der Waals surface area contributed by atoms with E-state index < -0.39 is 5.97 Å². The Labute approximate surface area is 123 Å². The van der Waals surface area contributed by atoms with Gasteiger partial charge in [-0.15, -0.1) is 0 Å². The van der Waals surface area contributed by atoms with E-state index in [2.05, 4.69) is 20.8 Å². The van der Waals surface area contributed by atoms with E-state index in [1.54, 1.807) is 6.92 Å². The molecule has 1 heterocycles. The lowest BCUT2D eigenvalue weighted by Gasteiger charge is -2.23. The molecule has 0 bridgehead atoms. The number of nitrogens with one attached hydrogen (secondary N) is 2. The predicted molar refractivity (Wildman–Crippen MR) is 74.5 cm³/mol. The molecule has 0 unspecified atom stereocenters. The lowest BCUT2D eigenvalue weighted by molar-refractivity contribution is -0.137. The first kappa shape index (κ1) is 16.9. The van der Waals surface area contributed by atoms with Crippen LogP contribution in [-0.4, -0.2) is 33.8 Å². The third-order valence-electron chi connectivity index (χ3n) is 3.07. The number of aryl methyl sites for hydroxylation is 1. The van der Waals surface area contributed by atoms with Crippen molar-refractivity contribution in [3.05, 3.63) is 11.7 Å². The van der Waals surface area contributed by atoms with Crippen molar-refractivity contribution in [2.75, 3.05) is 6.54 Å². The molecular weight excluding hydrogens is 276 g/mol. The van der Waals surface area contributed by atoms with Crippen LogP contribution in [0.2, 0.25) is 0 Å². The molecule has 0 fully saturated rings. The number of carbonyl (C=O) groups excluding carboxylic acids is 1. The number of carboxylic acid groups (broad SMARTS) is 1. The molecule has 1 aromatic heterocycles. The van der Waals surface area contributed by atoms with Crippen molar-refractivity contribution in [1.82, 2.24) is 20.8 Å². The van der Waals surface area contributed by atoms with Gasteiger partial charge in [0.1, 0.15) is 0 Å². The van der Waals surface area contributed by atoms with Gasteiger partial charge in [-0.05, 0) is 25.2 Å². The van der Waals surface area contributed by atoms with Gasteiger partial charge in [-0.2, -0.15) is 4.98 Å². The molecule has 0 saturated carbocycles. The van der Waals surface area contributed by atoms with E-state index in [0.29, 0.717) is 31.1 Å². The van der Waals surface area contributed by atoms with Crippen molar-refractivity contribution in [1.29, 1.82) is 0 Å². The van der Waals surface area contributed by atoms with E-state index >= 15 is 0 Å². The second-order valence-electron chi connectivity index (χ2n) is 5.65. The highest BCUT2D eigenvalue weighted by molar-refractivity contribution is 5.73. The summed E-state index contributed by atoms with van der Waals surface area (Å²) in [5, 5.41) is 17.6. The number of aromatic nitrogens is 2. The van der Waals surface area contributed by atoms with Gasteiger partial charge < -0.3 is 20.3 Å². The molecule has 1 aromatic rings. The van der Waals surface area contributed by atoms with Gasteiger partial charge in [0.2, 0.25) is 5.89 Å². The Balaban J connectivity index is 2.19. The van der Waals surface area contributed by atoms with Crippen LogP contribution in [0.1, 0.15) is 44.8 Å². The zero-order chi connectivity index (χ0) is 15.9. The fourth-order valence-electron chi connectivity index (χ4n) is 1.71. The summed E-state index contributed by atoms with van der Waals surface area (Å²) in [4.78, 5) is 26.1. The first-order chi connectivity index (χ1) is 9.78. The highest BCUT2D eigenvalue weighted by atomic mass is 16.5. The van der Waals surface area contributed by atoms with E-state index in [-0.39, 0.29) is 24.4 Å². The van der Waals surface area contributed by atoms with Crippen LogP contribution in [0.4, 0.5) is 4.79 Å². The zero-order valence-electron chi connectivity index (χ0n) is 12.6. The average Bonchev–Trinajstić information content (AvgIpc) is 2.80. The lowest BCUT2D eigenvalue weighted by atomic mass is 9.84. The molecule has 0 aliphatic rings. The van der Waals surface area contributed by atoms with Crippen molar-refractivity contribution in [2.45, 2.75) is 46.6 Å². The minimum absolute atomic E-state index is 0.130. The van der Waals surface area contributed by atoms with Gasteiger partial charge in [0.15, 0.2) is 5.82 Å². The number of urea groups is 1. The van der Waals surface area contributed by atoms with Crippen LogP contribution in [0.25, 0.3) is 0 Å². The average molecular weight is 298 g/mol. The van der Waals surface area contributed by atoms with Gasteiger partial charge >= 0.3 is 12.0 Å². The molecule has 0 spiro atoms. The Morgan fingerprint density at radius 2 is 2.00 bits per heavy atom. The maximum atomic E-state index is 11.6. The standard InChI is InChI=1S/C13H22N4O4/c1-9-16-10(21-17-9)8-15-12(20)14-7-6-13(2,3)5-4-11(18)19/h4-8H2,1-3H3,(H,18,19)(H2,14,15,20). The molecule has 0 aromatic carbocycles. The third kappa shape index (κ3) is 7.28. The quantitative estimate of drug-likeness (QED) is 0.668. The first-order valence-electron chi connectivity index (χ1n) is 6.81. The van der Waals surface area contributed by atoms with Crippen LogP contribution in [0.15, 0.2) is 4.52 Å². The normalized spacial score (nSPS) is 11.2. The monoisotopic (exact) mass is 298 g/mol. The largest absolute Gasteiger partial charge is 0.481 e. The Bertz CT molecular complexity index is 484. The smallest absolute Gasteiger partial charge is 0.315 e. The Morgan fingerprint density at radius 1 is 1.29 bits per heavy atom. The van der Waals surface area contributed by atoms with E-state index in [1.807, 2.05) is 13.8 Å². The topological polar surface area (TPSA) is 117 Å². The number of nitrogens with zero attached hydrogens (tertiary/aromatic N) is 2. The van der Waals surface area contributed by atoms with Crippen molar-refractivity contribution in [2.24, 2.45) is 5.41 Å². The molecule has 0 aliphatic carbocycles. The van der Waals surface area contributed by atoms with Gasteiger partial charge in [0.05, 0.1) is 6.54 Å². The lowest BCUT2D eigenvalue weighted by Crippen LogP contribution is -2.37. The minimum Gasteiger partial charge on any atom is -0.481 e. The van der Waals surface area contributed by atoms with Crippen molar-refractivity contribution < 1.29 is 19.2 Å². The van der Waals surface area contributed by atoms with Gasteiger partial charge in [-0.1, -0.05) is 19.0 Å². The molecule has 21 heavy (non-hydrogen) atoms. The summed E-state index contributed by atoms with van der Waals surface area (Å²) in [5.41, 5.74) is -0.130. The van der Waals surface area contributed by atoms with Crippen LogP contribution >= 0.6 is 0 Å². The molecule has 1 rings (SSSR count). The molecule has 2 amide bonds. The first-order valence-corrected chi connectivity index (χ1v) is 6.81. The second-order valence-corrected chi connectivity index (χ2v) is 5.65. The van der Waals surface area contributed by atoms with Crippen LogP contribution in [0.3, 0.4) is 0 Å². The van der Waals surface area contributed by atoms with Crippen molar-refractivity contribution in [3.8, 4) is 0 Å². The third-order valence-corrected chi connectivity index (χ3v) is 3.07. The summed E-state index contributed by atoms with van der Waals surface area (Å²) < 4.78 is 4.87. The van der Waals surface area contributed by atoms with Crippen LogP contribution in [0, 0.1) is 12.3 Å². The van der Waals surface area contributed by atoms with Gasteiger partial charge in [-0.25, -0.2) is 4.79 Å². The molecule has 0 saturated heterocycles. The molecular formula is C13H22N4O4. The van der Waals surface area contributed by atoms with Crippen molar-refractivity contribution >= 4 is 12.0 Å². The summed E-state index contributed by atoms with van der Waals surface area (Å²) in [6, 6.07) is -0.320. The van der Waals surface area contributed by atoms with Gasteiger partial charge in [0.25, 0.3) is 0 Å². The number of aliphatic carboxylic acids is 1. The van der Waals surface area contributed by atoms with E-state index in [9.17, 15) is 9.59 Å². The highest BCUT2D eigenvalue weighted by Crippen LogP contribution is 2.25. The number of amides is 2. The summed E-state index contributed by atoms with van der Waals surface area (Å²) >= 11 is 0. The summed E-state index contributed by atoms with van der Waals surface area (Å²) in [7, 11) is 0. The number of hydrogen-bond donors (Lipinski definition) is 3. The minimum atomic E-state index is -0.802. The molecule has 8 heteroatoms. The molecule has 0 radical (unpaired) electrons. The number of rotatable bonds is 8. The molecule has 0 aliphatic heterocycles. The Kier molecular flexibility index (Phi) is 6.13. The van der Waals surface area contributed by atoms with Gasteiger partial charge in [0, 0.05) is 13.0 Å². The molecule has 0 atom stereocenters. The zero-order valence-corrected chi connectivity index (χ0v) is 12.6. The Morgan fingerprint density at radius 3 is 2.57 bits per heavy atom. The highest BCUT2D eigenvalue weighted by Gasteiger charge is 2.19. The van der Waals surface area contributed by atoms with E-state index in [4.69, 9.17) is 9.63 Å². The predicted octanol–water partition coefficient (Wildman–Crippen LogP) is 1.46. The van der Waals surface area contributed by atoms with Crippen LogP contribution in [0.5, 0.6) is 0 Å². The summed E-state index contributed by atoms with van der Waals surface area (Å²) in [5.74, 6) is 0.0699. The number of hydrogen-bond acceptors (Lipinski definition) is 5. The SMILES string of the molecule is Cc1noc(CNC(=O)NCCC(C)(C)CCC(=O)O)n1. The van der Waals surface area contributed by atoms with Crippen LogP contribution in [-0.2, 0) is 11.3 Å². The van der Waals surface area contributed by atoms with Gasteiger partial charge in [-0.3, -0.25) is 4.79 Å². The number of carboxylic acids is 1. The van der Waals surface area contributed by atoms with Crippen molar-refractivity contribution in [3.63, 3.8) is 0 Å². The maximum Gasteiger partial charge on any atom is 0.315 e. The fraction of sp³-hybridized carbons (Fsp3) is 0.692. The number of carbonyl (C=O) groups is 2.